The van der Waals surface area contributed by atoms with Crippen molar-refractivity contribution in [2.24, 2.45) is 28.5 Å². The van der Waals surface area contributed by atoms with Gasteiger partial charge in [-0.15, -0.1) is 19.3 Å². The molecule has 9 aliphatic heterocycles. The molecule has 0 saturated carbocycles. The highest BCUT2D eigenvalue weighted by atomic mass is 35.5. The number of alkyl halides is 1. The number of fused-ring (bicyclic) bond motifs is 12. The van der Waals surface area contributed by atoms with Crippen LogP contribution in [-0.2, 0) is 37.9 Å². The number of nitrogen functional groups attached to an aromatic ring is 3. The summed E-state index contributed by atoms with van der Waals surface area (Å²) in [5.74, 6) is 52.4. The molecule has 0 radical (unpaired) electrons. The van der Waals surface area contributed by atoms with Crippen LogP contribution in [0.2, 0.25) is 0 Å². The van der Waals surface area contributed by atoms with E-state index >= 15 is 0 Å². The number of hydrogen-bond donors (Lipinski definition) is 11. The number of rotatable bonds is 8. The monoisotopic (exact) mass is 1580 g/mol. The Morgan fingerprint density at radius 2 is 0.783 bits per heavy atom. The number of aliphatic hydroxyl groups is 3. The van der Waals surface area contributed by atoms with E-state index in [1.807, 2.05) is 25.3 Å². The average Bonchev–Trinajstić information content (AvgIpc) is 1.56. The summed E-state index contributed by atoms with van der Waals surface area (Å²) in [5.41, 5.74) is 17.9. The lowest BCUT2D eigenvalue weighted by atomic mass is 9.81. The van der Waals surface area contributed by atoms with Crippen molar-refractivity contribution in [3.63, 3.8) is 0 Å². The number of nitrogens with zero attached hydrogens (tertiary/aromatic N) is 12. The number of aliphatic hydroxyl groups excluding tert-OH is 3. The first kappa shape index (κ1) is 84.9. The van der Waals surface area contributed by atoms with E-state index < -0.39 is 68.8 Å². The van der Waals surface area contributed by atoms with Gasteiger partial charge in [-0.2, -0.15) is 15.0 Å². The molecule has 0 spiro atoms. The Labute approximate surface area is 666 Å². The molecule has 35 heteroatoms. The molecule has 8 bridgehead atoms. The number of ether oxygens (including phenoxy) is 8. The highest BCUT2D eigenvalue weighted by Gasteiger charge is 2.71. The van der Waals surface area contributed by atoms with Crippen LogP contribution < -0.4 is 44.9 Å². The van der Waals surface area contributed by atoms with Crippen LogP contribution in [0.4, 0.5) is 23.7 Å². The van der Waals surface area contributed by atoms with Gasteiger partial charge in [0.1, 0.15) is 51.2 Å². The number of H-pyrrole nitrogens is 3. The van der Waals surface area contributed by atoms with Crippen LogP contribution >= 0.6 is 11.6 Å². The van der Waals surface area contributed by atoms with Gasteiger partial charge in [-0.05, 0) is 168 Å². The number of hydrogen-bond acceptors (Lipinski definition) is 27. The molecule has 1 unspecified atom stereocenters. The van der Waals surface area contributed by atoms with E-state index in [-0.39, 0.29) is 113 Å². The van der Waals surface area contributed by atoms with Gasteiger partial charge >= 0.3 is 0 Å². The third-order valence-corrected chi connectivity index (χ3v) is 22.1. The van der Waals surface area contributed by atoms with Crippen molar-refractivity contribution in [1.82, 2.24) is 68.1 Å². The van der Waals surface area contributed by atoms with Gasteiger partial charge in [-0.3, -0.25) is 47.6 Å². The normalized spacial score (nSPS) is 30.4. The van der Waals surface area contributed by atoms with Crippen LogP contribution in [0.5, 0.6) is 0 Å². The highest BCUT2D eigenvalue weighted by molar-refractivity contribution is 6.22. The summed E-state index contributed by atoms with van der Waals surface area (Å²) < 4.78 is 55.3. The molecular weight excluding hydrogens is 1500 g/mol. The molecule has 0 aromatic carbocycles. The van der Waals surface area contributed by atoms with E-state index in [4.69, 9.17) is 91.7 Å². The molecule has 0 amide bonds. The van der Waals surface area contributed by atoms with Crippen molar-refractivity contribution in [2.45, 2.75) is 177 Å². The average molecular weight is 1580 g/mol. The van der Waals surface area contributed by atoms with Crippen LogP contribution in [0.3, 0.4) is 0 Å². The van der Waals surface area contributed by atoms with Crippen LogP contribution in [0.15, 0.2) is 44.7 Å². The van der Waals surface area contributed by atoms with E-state index in [0.717, 1.165) is 18.7 Å². The van der Waals surface area contributed by atoms with E-state index in [0.29, 0.717) is 36.8 Å². The number of terminal acetylenes is 3. The molecule has 9 aliphatic rings. The van der Waals surface area contributed by atoms with Crippen molar-refractivity contribution in [1.29, 1.82) is 0 Å². The molecule has 8 saturated heterocycles. The quantitative estimate of drug-likeness (QED) is 0.0590. The molecule has 16 heterocycles. The molecule has 17 atom stereocenters. The second-order valence-electron chi connectivity index (χ2n) is 27.9. The zero-order chi connectivity index (χ0) is 83.6. The minimum absolute atomic E-state index is 0.0124. The first-order valence-corrected chi connectivity index (χ1v) is 36.1. The van der Waals surface area contributed by atoms with Crippen LogP contribution in [-0.4, -0.2) is 180 Å². The van der Waals surface area contributed by atoms with Gasteiger partial charge in [0.2, 0.25) is 17.8 Å². The Kier molecular flexibility index (Phi) is 25.4. The summed E-state index contributed by atoms with van der Waals surface area (Å²) in [7, 11) is 0. The molecular formula is C80H83ClN20O14. The molecule has 16 rings (SSSR count). The fraction of sp³-hybridized carbons (Fsp3) is 0.463. The maximum absolute atomic E-state index is 11.9. The maximum atomic E-state index is 11.9. The number of nitrogens with one attached hydrogen (secondary N) is 4. The van der Waals surface area contributed by atoms with Crippen molar-refractivity contribution in [3.8, 4) is 144 Å². The smallest absolute Gasteiger partial charge is 0.280 e. The number of imidazole rings is 4. The number of guanidine groups is 1. The third-order valence-electron chi connectivity index (χ3n) is 21.8. The van der Waals surface area contributed by atoms with Gasteiger partial charge in [0.05, 0.1) is 76.2 Å². The van der Waals surface area contributed by atoms with Gasteiger partial charge < -0.3 is 81.5 Å². The highest BCUT2D eigenvalue weighted by Crippen LogP contribution is 2.60. The topological polar surface area (TPSA) is 472 Å². The number of aromatic amines is 3. The summed E-state index contributed by atoms with van der Waals surface area (Å²) >= 11 is 6.20. The third kappa shape index (κ3) is 15.6. The molecule has 34 nitrogen and oxygen atoms in total. The summed E-state index contributed by atoms with van der Waals surface area (Å²) in [6.45, 7) is 24.6. The number of aliphatic imine (C=N–C) groups is 1. The number of aromatic nitrogens is 14. The molecule has 7 aromatic heterocycles. The Bertz CT molecular complexity index is 5550. The zero-order valence-corrected chi connectivity index (χ0v) is 65.5. The lowest BCUT2D eigenvalue weighted by Crippen LogP contribution is -2.44. The minimum atomic E-state index is -1.19. The van der Waals surface area contributed by atoms with Gasteiger partial charge in [0, 0.05) is 17.8 Å². The van der Waals surface area contributed by atoms with Crippen molar-refractivity contribution >= 4 is 74.7 Å². The van der Waals surface area contributed by atoms with Crippen molar-refractivity contribution < 1.29 is 53.2 Å². The molecule has 594 valence electrons. The van der Waals surface area contributed by atoms with E-state index in [9.17, 15) is 29.7 Å². The second-order valence-corrected chi connectivity index (χ2v) is 28.3. The van der Waals surface area contributed by atoms with Crippen molar-refractivity contribution in [2.75, 3.05) is 62.2 Å². The Balaban J connectivity index is 0.000000147. The van der Waals surface area contributed by atoms with E-state index in [2.05, 4.69) is 219 Å². The van der Waals surface area contributed by atoms with Gasteiger partial charge in [-0.25, -0.2) is 24.9 Å². The predicted octanol–water partition coefficient (Wildman–Crippen LogP) is 2.22. The fourth-order valence-electron chi connectivity index (χ4n) is 14.9. The number of halogens is 1. The zero-order valence-electron chi connectivity index (χ0n) is 64.8. The summed E-state index contributed by atoms with van der Waals surface area (Å²) in [6.07, 6.45) is 19.4. The number of anilines is 4. The maximum Gasteiger partial charge on any atom is 0.280 e. The first-order valence-electron chi connectivity index (χ1n) is 35.7. The first-order chi connectivity index (χ1) is 54.9. The van der Waals surface area contributed by atoms with E-state index in [1.54, 1.807) is 49.5 Å². The summed E-state index contributed by atoms with van der Waals surface area (Å²) in [5, 5.41) is 32.8. The largest absolute Gasteiger partial charge is 0.393 e. The van der Waals surface area contributed by atoms with Crippen LogP contribution in [0.25, 0.3) is 33.5 Å². The molecule has 115 heavy (non-hydrogen) atoms. The van der Waals surface area contributed by atoms with Gasteiger partial charge in [0.15, 0.2) is 69.9 Å². The van der Waals surface area contributed by atoms with Gasteiger partial charge in [0.25, 0.3) is 16.7 Å². The Morgan fingerprint density at radius 1 is 0.478 bits per heavy atom. The second kappa shape index (κ2) is 34.5. The SMILES string of the molecule is C#CC#CC#CC#CC.C#CC#CC#CC#CC#C.CC#CC#CC#CC.CC[C@]12CO[C@@](C)([C@@H]1C)[C@H](n1cnc3c(=O)[nH]c(N)nc31)O2.CC[C@]12CO[C@@](C)([C@@H]1C)[C@H](n1cnc3c1NC(N)=NC3Cl)O2.C[C@@H]1[C@]2(CO)CO[C@]1(C)[C@H](n1cnc3c(=O)[nH]c(N)nc31)O2.C[C@]12OC[C@](CO)(O[C@H]1n1cnc3c(=O)[nH]c(N)nc31)[C@H]2O. The Morgan fingerprint density at radius 3 is 1.12 bits per heavy atom. The predicted molar refractivity (Wildman–Crippen MR) is 424 cm³/mol. The standard InChI is InChI=1S/C14H20ClN5O2.C14H19N5O3.C13H17N5O4.C12H15N5O5.C10H2.C9H4.C8H6/c1-4-14-5-21-13(3,7(14)2)11(22-14)20-6-17-8-9(15)18-12(16)19-10(8)20;1-4-14-5-21-13(3,7(14)2)11(22-14)19-6-16-8-9(19)17-12(15)18-10(8)20;1-6-12(2)10(22-13(6,3-19)4-21-12)18-5-15-7-8(18)16-11(14)17-9(7)20;1-11-8(20)12(2-18,3-21-11)22-9(11)17-4-14-5-6(17)15-10(13)16-7(5)19;1-3-5-7-9-10-8-6-4-2;1-3-5-7-9-8-6-4-2;1-3-5-7-8-6-4-2/h6-7,9,11H,4-5H2,1-3H3,(H3,16,18,19);6-7,11H,4-5H2,1-3H3,(H3,15,17,18,20);5-6,10,19H,3-4H2,1-2H3,(H3,14,16,17,20);4,8-9,18,20H,2-3H2,1H3,(H3,13,15,16,19);1-2H;1H,2H3;1-2H3/t7-,9?,11+,13-,14-;7-,11+,13-,14-;6-,10+,12-,13-;8-,9+,11+,12-;;;/m0000.../s1. The Hall–Kier alpha value is -12.5. The molecule has 0 aliphatic carbocycles. The molecule has 7 aromatic rings. The minimum Gasteiger partial charge on any atom is -0.393 e. The lowest BCUT2D eigenvalue weighted by molar-refractivity contribution is -0.211. The molecule has 8 fully saturated rings. The van der Waals surface area contributed by atoms with E-state index in [1.165, 1.54) is 17.2 Å². The number of nitrogens with two attached hydrogens (primary N) is 4. The lowest BCUT2D eigenvalue weighted by Gasteiger charge is -2.35. The molecule has 15 N–H and O–H groups in total. The summed E-state index contributed by atoms with van der Waals surface area (Å²) in [4.78, 5) is 76.0. The summed E-state index contributed by atoms with van der Waals surface area (Å²) in [6, 6.07) is 0. The van der Waals surface area contributed by atoms with Gasteiger partial charge in [-0.1, -0.05) is 64.0 Å². The fourth-order valence-corrected chi connectivity index (χ4v) is 15.1. The van der Waals surface area contributed by atoms with Crippen LogP contribution in [0, 0.1) is 161 Å². The van der Waals surface area contributed by atoms with Crippen LogP contribution in [0.1, 0.15) is 132 Å². The van der Waals surface area contributed by atoms with Crippen molar-refractivity contribution in [3.05, 3.63) is 62.1 Å².